The van der Waals surface area contributed by atoms with E-state index in [1.165, 1.54) is 0 Å². The highest BCUT2D eigenvalue weighted by Crippen LogP contribution is 2.29. The largest absolute Gasteiger partial charge is 0.354 e. The first-order valence-electron chi connectivity index (χ1n) is 8.35. The summed E-state index contributed by atoms with van der Waals surface area (Å²) >= 11 is 0. The number of amides is 1. The Morgan fingerprint density at radius 2 is 2.29 bits per heavy atom. The summed E-state index contributed by atoms with van der Waals surface area (Å²) in [4.78, 5) is 23.0. The number of aryl methyl sites for hydroxylation is 1. The molecule has 24 heavy (non-hydrogen) atoms. The van der Waals surface area contributed by atoms with Crippen molar-refractivity contribution in [3.63, 3.8) is 0 Å². The topological polar surface area (TPSA) is 84.2 Å². The van der Waals surface area contributed by atoms with Gasteiger partial charge in [-0.1, -0.05) is 19.0 Å². The minimum absolute atomic E-state index is 0.00726. The predicted molar refractivity (Wildman–Crippen MR) is 90.5 cm³/mol. The number of nitrogens with zero attached hydrogens (tertiary/aromatic N) is 4. The Labute approximate surface area is 141 Å². The van der Waals surface area contributed by atoms with Crippen molar-refractivity contribution in [2.75, 3.05) is 18.0 Å². The molecule has 0 aliphatic carbocycles. The number of aromatic nitrogens is 3. The Kier molecular flexibility index (Phi) is 4.78. The number of hydrogen-bond donors (Lipinski definition) is 1. The minimum Gasteiger partial charge on any atom is -0.354 e. The average molecular weight is 329 g/mol. The van der Waals surface area contributed by atoms with Crippen LogP contribution in [0.1, 0.15) is 32.5 Å². The maximum Gasteiger partial charge on any atom is 0.261 e. The number of piperidine rings is 1. The summed E-state index contributed by atoms with van der Waals surface area (Å²) in [7, 11) is 0. The van der Waals surface area contributed by atoms with Gasteiger partial charge in [0.2, 0.25) is 5.91 Å². The Morgan fingerprint density at radius 1 is 1.46 bits per heavy atom. The van der Waals surface area contributed by atoms with Crippen molar-refractivity contribution in [3.05, 3.63) is 24.2 Å². The number of rotatable bonds is 4. The maximum atomic E-state index is 12.0. The number of anilines is 1. The normalized spacial score (nSPS) is 18.0. The average Bonchev–Trinajstić information content (AvgIpc) is 3.01. The van der Waals surface area contributed by atoms with Crippen molar-refractivity contribution in [2.45, 2.75) is 39.7 Å². The SMILES string of the molecule is Cc1noc(-c2cccnc2N2CCCC(NC(=O)C(C)C)C2)n1. The van der Waals surface area contributed by atoms with Crippen LogP contribution in [0.2, 0.25) is 0 Å². The zero-order valence-electron chi connectivity index (χ0n) is 14.3. The second-order valence-electron chi connectivity index (χ2n) is 6.47. The molecule has 2 aromatic heterocycles. The van der Waals surface area contributed by atoms with Crippen LogP contribution in [0.5, 0.6) is 0 Å². The van der Waals surface area contributed by atoms with Crippen LogP contribution in [0.4, 0.5) is 5.82 Å². The van der Waals surface area contributed by atoms with Crippen LogP contribution >= 0.6 is 0 Å². The fraction of sp³-hybridized carbons (Fsp3) is 0.529. The maximum absolute atomic E-state index is 12.0. The molecule has 1 unspecified atom stereocenters. The van der Waals surface area contributed by atoms with Gasteiger partial charge >= 0.3 is 0 Å². The van der Waals surface area contributed by atoms with E-state index in [1.54, 1.807) is 13.1 Å². The van der Waals surface area contributed by atoms with Crippen molar-refractivity contribution < 1.29 is 9.32 Å². The molecule has 7 nitrogen and oxygen atoms in total. The summed E-state index contributed by atoms with van der Waals surface area (Å²) in [6.07, 6.45) is 3.75. The van der Waals surface area contributed by atoms with Crippen LogP contribution < -0.4 is 10.2 Å². The van der Waals surface area contributed by atoms with Gasteiger partial charge in [0, 0.05) is 31.2 Å². The van der Waals surface area contributed by atoms with E-state index in [4.69, 9.17) is 4.52 Å². The lowest BCUT2D eigenvalue weighted by Crippen LogP contribution is -2.49. The molecule has 2 aromatic rings. The van der Waals surface area contributed by atoms with Crippen molar-refractivity contribution in [1.82, 2.24) is 20.4 Å². The van der Waals surface area contributed by atoms with Gasteiger partial charge in [0.05, 0.1) is 5.56 Å². The smallest absolute Gasteiger partial charge is 0.261 e. The van der Waals surface area contributed by atoms with E-state index in [9.17, 15) is 4.79 Å². The van der Waals surface area contributed by atoms with Gasteiger partial charge in [-0.15, -0.1) is 0 Å². The minimum atomic E-state index is -0.00726. The van der Waals surface area contributed by atoms with Crippen molar-refractivity contribution in [1.29, 1.82) is 0 Å². The lowest BCUT2D eigenvalue weighted by molar-refractivity contribution is -0.124. The number of carbonyl (C=O) groups is 1. The number of carbonyl (C=O) groups excluding carboxylic acids is 1. The first kappa shape index (κ1) is 16.4. The molecule has 1 N–H and O–H groups in total. The Hall–Kier alpha value is -2.44. The summed E-state index contributed by atoms with van der Waals surface area (Å²) in [6.45, 7) is 7.23. The van der Waals surface area contributed by atoms with Gasteiger partial charge in [0.25, 0.3) is 5.89 Å². The van der Waals surface area contributed by atoms with Crippen LogP contribution in [0.3, 0.4) is 0 Å². The van der Waals surface area contributed by atoms with Crippen LogP contribution in [-0.4, -0.2) is 40.2 Å². The molecule has 0 saturated carbocycles. The predicted octanol–water partition coefficient (Wildman–Crippen LogP) is 2.18. The summed E-state index contributed by atoms with van der Waals surface area (Å²) < 4.78 is 5.31. The summed E-state index contributed by atoms with van der Waals surface area (Å²) in [5, 5.41) is 6.99. The van der Waals surface area contributed by atoms with Crippen LogP contribution in [0.25, 0.3) is 11.5 Å². The van der Waals surface area contributed by atoms with E-state index in [0.717, 1.165) is 37.3 Å². The van der Waals surface area contributed by atoms with Crippen LogP contribution in [0, 0.1) is 12.8 Å². The lowest BCUT2D eigenvalue weighted by Gasteiger charge is -2.34. The van der Waals surface area contributed by atoms with Gasteiger partial charge in [0.15, 0.2) is 5.82 Å². The van der Waals surface area contributed by atoms with Crippen LogP contribution in [-0.2, 0) is 4.79 Å². The Bertz CT molecular complexity index is 713. The molecule has 3 rings (SSSR count). The third-order valence-corrected chi connectivity index (χ3v) is 4.14. The molecule has 0 aromatic carbocycles. The molecule has 128 valence electrons. The standard InChI is InChI=1S/C17H23N5O2/c1-11(2)16(23)20-13-6-5-9-22(10-13)15-14(7-4-8-18-15)17-19-12(3)21-24-17/h4,7-8,11,13H,5-6,9-10H2,1-3H3,(H,20,23). The Morgan fingerprint density at radius 3 is 3.00 bits per heavy atom. The lowest BCUT2D eigenvalue weighted by atomic mass is 10.0. The molecule has 0 bridgehead atoms. The molecule has 0 radical (unpaired) electrons. The molecule has 1 saturated heterocycles. The van der Waals surface area contributed by atoms with Gasteiger partial charge in [-0.25, -0.2) is 4.98 Å². The highest BCUT2D eigenvalue weighted by molar-refractivity contribution is 5.78. The molecule has 1 fully saturated rings. The van der Waals surface area contributed by atoms with Gasteiger partial charge in [-0.05, 0) is 31.9 Å². The van der Waals surface area contributed by atoms with Gasteiger partial charge in [-0.2, -0.15) is 4.98 Å². The zero-order valence-corrected chi connectivity index (χ0v) is 14.3. The molecule has 7 heteroatoms. The monoisotopic (exact) mass is 329 g/mol. The second kappa shape index (κ2) is 6.98. The zero-order chi connectivity index (χ0) is 17.1. The first-order valence-corrected chi connectivity index (χ1v) is 8.35. The van der Waals surface area contributed by atoms with Crippen molar-refractivity contribution in [3.8, 4) is 11.5 Å². The number of pyridine rings is 1. The number of hydrogen-bond acceptors (Lipinski definition) is 6. The molecule has 1 amide bonds. The number of nitrogens with one attached hydrogen (secondary N) is 1. The van der Waals surface area contributed by atoms with Gasteiger partial charge < -0.3 is 14.7 Å². The molecular weight excluding hydrogens is 306 g/mol. The summed E-state index contributed by atoms with van der Waals surface area (Å²) in [6, 6.07) is 3.93. The highest BCUT2D eigenvalue weighted by Gasteiger charge is 2.26. The van der Waals surface area contributed by atoms with E-state index < -0.39 is 0 Å². The van der Waals surface area contributed by atoms with Gasteiger partial charge in [0.1, 0.15) is 5.82 Å². The molecule has 0 spiro atoms. The van der Waals surface area contributed by atoms with Crippen LogP contribution in [0.15, 0.2) is 22.9 Å². The van der Waals surface area contributed by atoms with E-state index in [2.05, 4.69) is 25.3 Å². The van der Waals surface area contributed by atoms with Gasteiger partial charge in [-0.3, -0.25) is 4.79 Å². The third kappa shape index (κ3) is 3.55. The quantitative estimate of drug-likeness (QED) is 0.925. The highest BCUT2D eigenvalue weighted by atomic mass is 16.5. The fourth-order valence-corrected chi connectivity index (χ4v) is 2.88. The van der Waals surface area contributed by atoms with E-state index in [-0.39, 0.29) is 17.9 Å². The molecule has 1 atom stereocenters. The Balaban J connectivity index is 1.80. The fourth-order valence-electron chi connectivity index (χ4n) is 2.88. The second-order valence-corrected chi connectivity index (χ2v) is 6.47. The van der Waals surface area contributed by atoms with E-state index in [0.29, 0.717) is 11.7 Å². The summed E-state index contributed by atoms with van der Waals surface area (Å²) in [5.41, 5.74) is 0.828. The van der Waals surface area contributed by atoms with Crippen molar-refractivity contribution >= 4 is 11.7 Å². The third-order valence-electron chi connectivity index (χ3n) is 4.14. The first-order chi connectivity index (χ1) is 11.5. The molecule has 3 heterocycles. The molecular formula is C17H23N5O2. The molecule has 1 aliphatic rings. The van der Waals surface area contributed by atoms with Crippen molar-refractivity contribution in [2.24, 2.45) is 5.92 Å². The summed E-state index contributed by atoms with van der Waals surface area (Å²) in [5.74, 6) is 1.98. The van der Waals surface area contributed by atoms with E-state index in [1.807, 2.05) is 26.0 Å². The van der Waals surface area contributed by atoms with E-state index >= 15 is 0 Å². The molecule has 1 aliphatic heterocycles.